The molecule has 0 aromatic heterocycles. The number of halogens is 1. The summed E-state index contributed by atoms with van der Waals surface area (Å²) >= 11 is 0.944. The minimum absolute atomic E-state index is 0.250. The van der Waals surface area contributed by atoms with Crippen LogP contribution in [0.5, 0.6) is 11.5 Å². The van der Waals surface area contributed by atoms with Crippen molar-refractivity contribution < 1.29 is 23.5 Å². The number of imide groups is 1. The van der Waals surface area contributed by atoms with Gasteiger partial charge < -0.3 is 9.47 Å². The van der Waals surface area contributed by atoms with Crippen molar-refractivity contribution in [3.8, 4) is 11.5 Å². The van der Waals surface area contributed by atoms with Crippen LogP contribution < -0.4 is 9.47 Å². The first kappa shape index (κ1) is 23.6. The highest BCUT2D eigenvalue weighted by Gasteiger charge is 2.34. The Morgan fingerprint density at radius 1 is 1.12 bits per heavy atom. The average molecular weight is 456 g/mol. The molecule has 168 valence electrons. The Morgan fingerprint density at radius 3 is 2.53 bits per heavy atom. The van der Waals surface area contributed by atoms with Crippen molar-refractivity contribution in [1.82, 2.24) is 4.90 Å². The standard InChI is InChI=1S/C25H26FNO4S/c1-4-7-19-13-18(15-22-24(28)27(12-5-2)25(29)32-22)14-21(30-6-3)23(19)31-16-17-8-10-20(26)11-9-17/h4,8-11,13-15H,1,5-7,12,16H2,2-3H3/b22-15+. The first-order valence-electron chi connectivity index (χ1n) is 10.5. The summed E-state index contributed by atoms with van der Waals surface area (Å²) < 4.78 is 25.1. The molecular formula is C25H26FNO4S. The van der Waals surface area contributed by atoms with Crippen LogP contribution in [0.15, 0.2) is 54.0 Å². The second-order valence-corrected chi connectivity index (χ2v) is 8.17. The van der Waals surface area contributed by atoms with Crippen molar-refractivity contribution in [3.63, 3.8) is 0 Å². The molecule has 0 radical (unpaired) electrons. The first-order chi connectivity index (χ1) is 15.5. The van der Waals surface area contributed by atoms with E-state index in [1.165, 1.54) is 17.0 Å². The number of carbonyl (C=O) groups excluding carboxylic acids is 2. The van der Waals surface area contributed by atoms with Gasteiger partial charge in [0.1, 0.15) is 12.4 Å². The molecule has 0 aliphatic carbocycles. The van der Waals surface area contributed by atoms with E-state index in [4.69, 9.17) is 9.47 Å². The highest BCUT2D eigenvalue weighted by atomic mass is 32.2. The summed E-state index contributed by atoms with van der Waals surface area (Å²) in [6, 6.07) is 9.82. The van der Waals surface area contributed by atoms with Crippen molar-refractivity contribution in [2.45, 2.75) is 33.3 Å². The minimum Gasteiger partial charge on any atom is -0.490 e. The van der Waals surface area contributed by atoms with Crippen molar-refractivity contribution >= 4 is 29.0 Å². The van der Waals surface area contributed by atoms with Crippen molar-refractivity contribution in [2.75, 3.05) is 13.2 Å². The maximum Gasteiger partial charge on any atom is 0.293 e. The minimum atomic E-state index is -0.302. The fourth-order valence-electron chi connectivity index (χ4n) is 3.30. The zero-order valence-electron chi connectivity index (χ0n) is 18.2. The Balaban J connectivity index is 1.93. The lowest BCUT2D eigenvalue weighted by Gasteiger charge is -2.17. The fraction of sp³-hybridized carbons (Fsp3) is 0.280. The summed E-state index contributed by atoms with van der Waals surface area (Å²) in [4.78, 5) is 26.4. The third-order valence-corrected chi connectivity index (χ3v) is 5.64. The first-order valence-corrected chi connectivity index (χ1v) is 11.3. The van der Waals surface area contributed by atoms with Crippen LogP contribution in [-0.4, -0.2) is 29.2 Å². The number of hydrogen-bond donors (Lipinski definition) is 0. The fourth-order valence-corrected chi connectivity index (χ4v) is 4.17. The molecular weight excluding hydrogens is 429 g/mol. The third kappa shape index (κ3) is 5.59. The molecule has 5 nitrogen and oxygen atoms in total. The molecule has 1 aliphatic rings. The summed E-state index contributed by atoms with van der Waals surface area (Å²) in [5, 5.41) is -0.251. The van der Waals surface area contributed by atoms with Gasteiger partial charge in [0, 0.05) is 12.1 Å². The van der Waals surface area contributed by atoms with Crippen LogP contribution in [0, 0.1) is 5.82 Å². The highest BCUT2D eigenvalue weighted by Crippen LogP contribution is 2.37. The lowest BCUT2D eigenvalue weighted by Crippen LogP contribution is -2.28. The number of thioether (sulfide) groups is 1. The van der Waals surface area contributed by atoms with Crippen LogP contribution in [0.2, 0.25) is 0 Å². The van der Waals surface area contributed by atoms with Gasteiger partial charge >= 0.3 is 0 Å². The van der Waals surface area contributed by atoms with Crippen LogP contribution in [0.4, 0.5) is 9.18 Å². The van der Waals surface area contributed by atoms with Gasteiger partial charge in [0.15, 0.2) is 11.5 Å². The van der Waals surface area contributed by atoms with Gasteiger partial charge in [-0.05, 0) is 73.0 Å². The van der Waals surface area contributed by atoms with Gasteiger partial charge in [-0.15, -0.1) is 6.58 Å². The normalized spacial score (nSPS) is 14.8. The third-order valence-electron chi connectivity index (χ3n) is 4.73. The van der Waals surface area contributed by atoms with Crippen LogP contribution in [-0.2, 0) is 17.8 Å². The van der Waals surface area contributed by atoms with Crippen molar-refractivity contribution in [1.29, 1.82) is 0 Å². The number of benzene rings is 2. The molecule has 2 aromatic carbocycles. The molecule has 1 aliphatic heterocycles. The number of rotatable bonds is 10. The van der Waals surface area contributed by atoms with Gasteiger partial charge in [0.05, 0.1) is 11.5 Å². The SMILES string of the molecule is C=CCc1cc(/C=C2/SC(=O)N(CCC)C2=O)cc(OCC)c1OCc1ccc(F)cc1. The predicted octanol–water partition coefficient (Wildman–Crippen LogP) is 5.98. The van der Waals surface area contributed by atoms with Crippen molar-refractivity contribution in [3.05, 3.63) is 76.5 Å². The molecule has 0 bridgehead atoms. The van der Waals surface area contributed by atoms with E-state index < -0.39 is 0 Å². The van der Waals surface area contributed by atoms with Gasteiger partial charge in [-0.1, -0.05) is 25.1 Å². The lowest BCUT2D eigenvalue weighted by atomic mass is 10.0. The number of amides is 2. The number of ether oxygens (including phenoxy) is 2. The van der Waals surface area contributed by atoms with E-state index in [0.717, 1.165) is 28.5 Å². The van der Waals surface area contributed by atoms with Gasteiger partial charge in [-0.25, -0.2) is 4.39 Å². The van der Waals surface area contributed by atoms with Gasteiger partial charge in [-0.2, -0.15) is 0 Å². The van der Waals surface area contributed by atoms with E-state index >= 15 is 0 Å². The topological polar surface area (TPSA) is 55.8 Å². The van der Waals surface area contributed by atoms with E-state index in [2.05, 4.69) is 6.58 Å². The number of hydrogen-bond acceptors (Lipinski definition) is 5. The number of allylic oxidation sites excluding steroid dienone is 1. The number of nitrogens with zero attached hydrogens (tertiary/aromatic N) is 1. The zero-order valence-corrected chi connectivity index (χ0v) is 19.0. The summed E-state index contributed by atoms with van der Waals surface area (Å²) in [6.45, 7) is 8.71. The second-order valence-electron chi connectivity index (χ2n) is 7.18. The predicted molar refractivity (Wildman–Crippen MR) is 125 cm³/mol. The van der Waals surface area contributed by atoms with Crippen LogP contribution in [0.1, 0.15) is 37.0 Å². The quantitative estimate of drug-likeness (QED) is 0.326. The lowest BCUT2D eigenvalue weighted by molar-refractivity contribution is -0.122. The van der Waals surface area contributed by atoms with E-state index in [1.807, 2.05) is 19.9 Å². The van der Waals surface area contributed by atoms with E-state index in [-0.39, 0.29) is 23.6 Å². The average Bonchev–Trinajstić information content (AvgIpc) is 3.02. The molecule has 0 saturated carbocycles. The molecule has 1 heterocycles. The largest absolute Gasteiger partial charge is 0.490 e. The second kappa shape index (κ2) is 11.0. The molecule has 1 saturated heterocycles. The molecule has 2 amide bonds. The molecule has 0 unspecified atom stereocenters. The molecule has 0 N–H and O–H groups in total. The van der Waals surface area contributed by atoms with Gasteiger partial charge in [-0.3, -0.25) is 14.5 Å². The molecule has 7 heteroatoms. The van der Waals surface area contributed by atoms with E-state index in [1.54, 1.807) is 30.4 Å². The van der Waals surface area contributed by atoms with Gasteiger partial charge in [0.2, 0.25) is 0 Å². The Bertz CT molecular complexity index is 1030. The molecule has 0 atom stereocenters. The summed E-state index contributed by atoms with van der Waals surface area (Å²) in [7, 11) is 0. The van der Waals surface area contributed by atoms with Crippen molar-refractivity contribution in [2.24, 2.45) is 0 Å². The zero-order chi connectivity index (χ0) is 23.1. The molecule has 32 heavy (non-hydrogen) atoms. The summed E-state index contributed by atoms with van der Waals surface area (Å²) in [5.74, 6) is 0.533. The highest BCUT2D eigenvalue weighted by molar-refractivity contribution is 8.18. The van der Waals surface area contributed by atoms with Crippen LogP contribution >= 0.6 is 11.8 Å². The van der Waals surface area contributed by atoms with Gasteiger partial charge in [0.25, 0.3) is 11.1 Å². The Kier molecular flexibility index (Phi) is 8.11. The Hall–Kier alpha value is -3.06. The monoisotopic (exact) mass is 455 g/mol. The molecule has 3 rings (SSSR count). The smallest absolute Gasteiger partial charge is 0.293 e. The Morgan fingerprint density at radius 2 is 1.88 bits per heavy atom. The summed E-state index contributed by atoms with van der Waals surface area (Å²) in [5.41, 5.74) is 2.40. The maximum absolute atomic E-state index is 13.2. The molecule has 1 fully saturated rings. The van der Waals surface area contributed by atoms with Crippen LogP contribution in [0.25, 0.3) is 6.08 Å². The van der Waals surface area contributed by atoms with Crippen LogP contribution in [0.3, 0.4) is 0 Å². The molecule has 2 aromatic rings. The van der Waals surface area contributed by atoms with E-state index in [0.29, 0.717) is 42.4 Å². The maximum atomic E-state index is 13.2. The molecule has 0 spiro atoms. The Labute approximate surface area is 191 Å². The van der Waals surface area contributed by atoms with E-state index in [9.17, 15) is 14.0 Å². The summed E-state index contributed by atoms with van der Waals surface area (Å²) in [6.07, 6.45) is 4.70. The number of carbonyl (C=O) groups is 2.